The minimum atomic E-state index is -0.213. The number of likely N-dealkylation sites (tertiary alicyclic amines) is 1. The number of aliphatic hydroxyl groups is 1. The summed E-state index contributed by atoms with van der Waals surface area (Å²) in [5.41, 5.74) is 2.70. The van der Waals surface area contributed by atoms with Crippen LogP contribution in [0.3, 0.4) is 0 Å². The van der Waals surface area contributed by atoms with Gasteiger partial charge in [0.1, 0.15) is 0 Å². The maximum atomic E-state index is 9.65. The van der Waals surface area contributed by atoms with Gasteiger partial charge in [0.15, 0.2) is 5.96 Å². The Labute approximate surface area is 127 Å². The van der Waals surface area contributed by atoms with Crippen molar-refractivity contribution >= 4 is 5.96 Å². The van der Waals surface area contributed by atoms with Gasteiger partial charge in [-0.15, -0.1) is 0 Å². The molecule has 1 saturated heterocycles. The molecule has 1 atom stereocenters. The van der Waals surface area contributed by atoms with Gasteiger partial charge < -0.3 is 15.3 Å². The van der Waals surface area contributed by atoms with Gasteiger partial charge in [-0.2, -0.15) is 0 Å². The standard InChI is InChI=1S/C17H27N3O/c1-3-14-5-7-15(8-6-14)9-11-19-17(18-4-2)20-12-10-16(21)13-20/h5-8,16,21H,3-4,9-13H2,1-2H3,(H,18,19)/t16-/m1/s1. The number of aliphatic hydroxyl groups excluding tert-OH is 1. The first-order chi connectivity index (χ1) is 10.2. The molecule has 2 rings (SSSR count). The summed E-state index contributed by atoms with van der Waals surface area (Å²) in [6.07, 6.45) is 2.66. The molecule has 1 aromatic rings. The molecule has 21 heavy (non-hydrogen) atoms. The Bertz CT molecular complexity index is 456. The largest absolute Gasteiger partial charge is 0.391 e. The van der Waals surface area contributed by atoms with Gasteiger partial charge in [0.25, 0.3) is 0 Å². The Balaban J connectivity index is 1.89. The van der Waals surface area contributed by atoms with Gasteiger partial charge in [-0.1, -0.05) is 31.2 Å². The van der Waals surface area contributed by atoms with E-state index in [2.05, 4.69) is 53.3 Å². The zero-order chi connectivity index (χ0) is 15.1. The van der Waals surface area contributed by atoms with Crippen molar-refractivity contribution in [3.8, 4) is 0 Å². The summed E-state index contributed by atoms with van der Waals surface area (Å²) in [5, 5.41) is 13.0. The van der Waals surface area contributed by atoms with Crippen LogP contribution in [0.15, 0.2) is 29.3 Å². The lowest BCUT2D eigenvalue weighted by Crippen LogP contribution is -2.40. The van der Waals surface area contributed by atoms with Crippen molar-refractivity contribution in [3.63, 3.8) is 0 Å². The van der Waals surface area contributed by atoms with Crippen LogP contribution >= 0.6 is 0 Å². The monoisotopic (exact) mass is 289 g/mol. The number of rotatable bonds is 5. The third-order valence-electron chi connectivity index (χ3n) is 3.89. The van der Waals surface area contributed by atoms with E-state index >= 15 is 0 Å². The first-order valence-electron chi connectivity index (χ1n) is 8.02. The SMILES string of the molecule is CCNC(=NCCc1ccc(CC)cc1)N1CC[C@@H](O)C1. The van der Waals surface area contributed by atoms with Crippen molar-refractivity contribution in [1.82, 2.24) is 10.2 Å². The number of hydrogen-bond acceptors (Lipinski definition) is 2. The number of β-amino-alcohol motifs (C(OH)–C–C–N with tert-alkyl or cyclic N) is 1. The second kappa shape index (κ2) is 8.03. The number of nitrogens with one attached hydrogen (secondary N) is 1. The highest BCUT2D eigenvalue weighted by Gasteiger charge is 2.22. The third-order valence-corrected chi connectivity index (χ3v) is 3.89. The second-order valence-corrected chi connectivity index (χ2v) is 5.54. The predicted molar refractivity (Wildman–Crippen MR) is 87.7 cm³/mol. The fourth-order valence-corrected chi connectivity index (χ4v) is 2.59. The van der Waals surface area contributed by atoms with Crippen LogP contribution in [-0.2, 0) is 12.8 Å². The maximum absolute atomic E-state index is 9.65. The molecule has 0 saturated carbocycles. The van der Waals surface area contributed by atoms with E-state index in [4.69, 9.17) is 0 Å². The van der Waals surface area contributed by atoms with Crippen molar-refractivity contribution in [2.24, 2.45) is 4.99 Å². The average molecular weight is 289 g/mol. The molecule has 116 valence electrons. The number of nitrogens with zero attached hydrogens (tertiary/aromatic N) is 2. The van der Waals surface area contributed by atoms with Crippen LogP contribution < -0.4 is 5.32 Å². The summed E-state index contributed by atoms with van der Waals surface area (Å²) in [7, 11) is 0. The molecule has 4 nitrogen and oxygen atoms in total. The van der Waals surface area contributed by atoms with Gasteiger partial charge in [0, 0.05) is 26.2 Å². The molecule has 0 aromatic heterocycles. The number of hydrogen-bond donors (Lipinski definition) is 2. The number of aryl methyl sites for hydroxylation is 1. The molecular weight excluding hydrogens is 262 g/mol. The van der Waals surface area contributed by atoms with Crippen LogP contribution in [0.1, 0.15) is 31.4 Å². The lowest BCUT2D eigenvalue weighted by molar-refractivity contribution is 0.188. The summed E-state index contributed by atoms with van der Waals surface area (Å²) in [5.74, 6) is 0.930. The van der Waals surface area contributed by atoms with E-state index in [1.165, 1.54) is 11.1 Å². The van der Waals surface area contributed by atoms with Gasteiger partial charge in [-0.25, -0.2) is 0 Å². The lowest BCUT2D eigenvalue weighted by Gasteiger charge is -2.20. The van der Waals surface area contributed by atoms with Gasteiger partial charge in [-0.3, -0.25) is 4.99 Å². The maximum Gasteiger partial charge on any atom is 0.194 e. The molecule has 4 heteroatoms. The number of benzene rings is 1. The Morgan fingerprint density at radius 3 is 2.57 bits per heavy atom. The molecule has 0 amide bonds. The lowest BCUT2D eigenvalue weighted by atomic mass is 10.1. The first kappa shape index (κ1) is 15.8. The summed E-state index contributed by atoms with van der Waals surface area (Å²) in [6.45, 7) is 7.46. The highest BCUT2D eigenvalue weighted by atomic mass is 16.3. The quantitative estimate of drug-likeness (QED) is 0.642. The molecule has 0 unspecified atom stereocenters. The number of aliphatic imine (C=N–C) groups is 1. The zero-order valence-electron chi connectivity index (χ0n) is 13.2. The molecular formula is C17H27N3O. The van der Waals surface area contributed by atoms with E-state index in [9.17, 15) is 5.11 Å². The fourth-order valence-electron chi connectivity index (χ4n) is 2.59. The van der Waals surface area contributed by atoms with E-state index in [1.54, 1.807) is 0 Å². The van der Waals surface area contributed by atoms with Crippen molar-refractivity contribution in [2.75, 3.05) is 26.2 Å². The van der Waals surface area contributed by atoms with Gasteiger partial charge in [-0.05, 0) is 37.3 Å². The average Bonchev–Trinajstić information content (AvgIpc) is 2.93. The smallest absolute Gasteiger partial charge is 0.194 e. The molecule has 1 heterocycles. The summed E-state index contributed by atoms with van der Waals surface area (Å²) in [6, 6.07) is 8.78. The van der Waals surface area contributed by atoms with Crippen LogP contribution in [0.5, 0.6) is 0 Å². The number of guanidine groups is 1. The van der Waals surface area contributed by atoms with Crippen LogP contribution in [0.25, 0.3) is 0 Å². The summed E-state index contributed by atoms with van der Waals surface area (Å²) >= 11 is 0. The summed E-state index contributed by atoms with van der Waals surface area (Å²) < 4.78 is 0. The topological polar surface area (TPSA) is 47.9 Å². The molecule has 1 aliphatic rings. The van der Waals surface area contributed by atoms with E-state index in [0.717, 1.165) is 44.9 Å². The van der Waals surface area contributed by atoms with Gasteiger partial charge >= 0.3 is 0 Å². The highest BCUT2D eigenvalue weighted by Crippen LogP contribution is 2.09. The van der Waals surface area contributed by atoms with E-state index in [0.29, 0.717) is 6.54 Å². The third kappa shape index (κ3) is 4.74. The molecule has 0 aliphatic carbocycles. The Hall–Kier alpha value is -1.55. The van der Waals surface area contributed by atoms with E-state index < -0.39 is 0 Å². The molecule has 1 fully saturated rings. The van der Waals surface area contributed by atoms with Crippen LogP contribution in [0, 0.1) is 0 Å². The Morgan fingerprint density at radius 2 is 2.00 bits per heavy atom. The minimum Gasteiger partial charge on any atom is -0.391 e. The van der Waals surface area contributed by atoms with E-state index in [1.807, 2.05) is 0 Å². The Kier molecular flexibility index (Phi) is 6.05. The molecule has 0 radical (unpaired) electrons. The minimum absolute atomic E-state index is 0.213. The van der Waals surface area contributed by atoms with Crippen LogP contribution in [0.4, 0.5) is 0 Å². The zero-order valence-corrected chi connectivity index (χ0v) is 13.2. The van der Waals surface area contributed by atoms with Gasteiger partial charge in [0.05, 0.1) is 6.10 Å². The Morgan fingerprint density at radius 1 is 1.29 bits per heavy atom. The van der Waals surface area contributed by atoms with Crippen molar-refractivity contribution in [3.05, 3.63) is 35.4 Å². The van der Waals surface area contributed by atoms with Crippen molar-refractivity contribution in [2.45, 2.75) is 39.2 Å². The van der Waals surface area contributed by atoms with E-state index in [-0.39, 0.29) is 6.10 Å². The van der Waals surface area contributed by atoms with Gasteiger partial charge in [0.2, 0.25) is 0 Å². The first-order valence-corrected chi connectivity index (χ1v) is 8.02. The van der Waals surface area contributed by atoms with Crippen LogP contribution in [0.2, 0.25) is 0 Å². The highest BCUT2D eigenvalue weighted by molar-refractivity contribution is 5.80. The van der Waals surface area contributed by atoms with Crippen molar-refractivity contribution in [1.29, 1.82) is 0 Å². The molecule has 0 spiro atoms. The second-order valence-electron chi connectivity index (χ2n) is 5.54. The molecule has 1 aliphatic heterocycles. The van der Waals surface area contributed by atoms with Crippen LogP contribution in [-0.4, -0.2) is 48.2 Å². The molecule has 0 bridgehead atoms. The fraction of sp³-hybridized carbons (Fsp3) is 0.588. The predicted octanol–water partition coefficient (Wildman–Crippen LogP) is 1.82. The molecule has 2 N–H and O–H groups in total. The van der Waals surface area contributed by atoms with Crippen molar-refractivity contribution < 1.29 is 5.11 Å². The summed E-state index contributed by atoms with van der Waals surface area (Å²) in [4.78, 5) is 6.84. The normalized spacial score (nSPS) is 19.1. The molecule has 1 aromatic carbocycles.